The van der Waals surface area contributed by atoms with Crippen molar-refractivity contribution in [1.82, 2.24) is 4.98 Å². The molecular weight excluding hydrogens is 362 g/mol. The summed E-state index contributed by atoms with van der Waals surface area (Å²) in [6.07, 6.45) is 5.02. The number of aromatic nitrogens is 1. The third kappa shape index (κ3) is 3.94. The molecule has 4 rings (SSSR count). The van der Waals surface area contributed by atoms with Crippen molar-refractivity contribution in [3.63, 3.8) is 0 Å². The third-order valence-electron chi connectivity index (χ3n) is 4.89. The first kappa shape index (κ1) is 17.6. The summed E-state index contributed by atoms with van der Waals surface area (Å²) in [5.74, 6) is 1.48. The summed E-state index contributed by atoms with van der Waals surface area (Å²) >= 11 is 7.75. The second-order valence-corrected chi connectivity index (χ2v) is 8.47. The van der Waals surface area contributed by atoms with Gasteiger partial charge in [-0.25, -0.2) is 4.98 Å². The zero-order chi connectivity index (χ0) is 17.9. The van der Waals surface area contributed by atoms with Crippen LogP contribution in [0.4, 0.5) is 0 Å². The average molecular weight is 384 g/mol. The molecule has 0 bridgehead atoms. The van der Waals surface area contributed by atoms with Gasteiger partial charge in [0, 0.05) is 10.6 Å². The van der Waals surface area contributed by atoms with Gasteiger partial charge in [-0.3, -0.25) is 0 Å². The second kappa shape index (κ2) is 7.81. The molecule has 1 saturated carbocycles. The van der Waals surface area contributed by atoms with E-state index in [4.69, 9.17) is 21.3 Å². The molecule has 0 amide bonds. The molecule has 0 radical (unpaired) electrons. The first-order valence-electron chi connectivity index (χ1n) is 9.18. The normalized spacial score (nSPS) is 20.1. The van der Waals surface area contributed by atoms with Crippen molar-refractivity contribution in [3.05, 3.63) is 59.6 Å². The van der Waals surface area contributed by atoms with Gasteiger partial charge in [0.2, 0.25) is 5.88 Å². The molecular formula is C22H22ClNOS. The summed E-state index contributed by atoms with van der Waals surface area (Å²) in [6.45, 7) is 2.31. The Morgan fingerprint density at radius 3 is 2.50 bits per heavy atom. The van der Waals surface area contributed by atoms with Crippen molar-refractivity contribution in [1.29, 1.82) is 0 Å². The van der Waals surface area contributed by atoms with Gasteiger partial charge in [-0.1, -0.05) is 67.4 Å². The van der Waals surface area contributed by atoms with Gasteiger partial charge in [-0.2, -0.15) is 0 Å². The quantitative estimate of drug-likeness (QED) is 0.479. The van der Waals surface area contributed by atoms with Crippen LogP contribution in [0.1, 0.15) is 32.6 Å². The van der Waals surface area contributed by atoms with E-state index >= 15 is 0 Å². The maximum Gasteiger partial charge on any atom is 0.233 e. The van der Waals surface area contributed by atoms with E-state index in [9.17, 15) is 0 Å². The van der Waals surface area contributed by atoms with Crippen molar-refractivity contribution in [2.45, 2.75) is 38.7 Å². The number of nitrogens with zero attached hydrogens (tertiary/aromatic N) is 1. The predicted molar refractivity (Wildman–Crippen MR) is 110 cm³/mol. The monoisotopic (exact) mass is 383 g/mol. The molecule has 1 aliphatic carbocycles. The van der Waals surface area contributed by atoms with Crippen LogP contribution in [0.3, 0.4) is 0 Å². The highest BCUT2D eigenvalue weighted by molar-refractivity contribution is 7.18. The minimum Gasteiger partial charge on any atom is -0.473 e. The van der Waals surface area contributed by atoms with Crippen LogP contribution in [-0.4, -0.2) is 11.1 Å². The van der Waals surface area contributed by atoms with E-state index in [2.05, 4.69) is 19.1 Å². The molecule has 3 aromatic rings. The van der Waals surface area contributed by atoms with Crippen LogP contribution in [0.25, 0.3) is 21.0 Å². The molecule has 1 aliphatic rings. The number of thiazole rings is 1. The van der Waals surface area contributed by atoms with Crippen LogP contribution >= 0.6 is 22.9 Å². The number of hydrogen-bond donors (Lipinski definition) is 0. The molecule has 134 valence electrons. The molecule has 1 unspecified atom stereocenters. The standard InChI is InChI=1S/C22H22ClNOS/c1-15-6-5-9-19(14-15)25-21-20(16-10-12-18(23)13-11-16)26-22(24-21)17-7-3-2-4-8-17/h2-4,7-8,10-13,15,19H,5-6,9,14H2,1H3/t15?,19-/m0/s1. The summed E-state index contributed by atoms with van der Waals surface area (Å²) in [5.41, 5.74) is 2.23. The number of halogens is 1. The topological polar surface area (TPSA) is 22.1 Å². The average Bonchev–Trinajstić information content (AvgIpc) is 3.07. The molecule has 0 N–H and O–H groups in total. The van der Waals surface area contributed by atoms with E-state index in [0.717, 1.165) is 50.7 Å². The number of rotatable bonds is 4. The number of benzene rings is 2. The van der Waals surface area contributed by atoms with Crippen LogP contribution in [0.5, 0.6) is 5.88 Å². The van der Waals surface area contributed by atoms with Gasteiger partial charge in [-0.05, 0) is 42.9 Å². The lowest BCUT2D eigenvalue weighted by Crippen LogP contribution is -2.24. The second-order valence-electron chi connectivity index (χ2n) is 7.04. The fourth-order valence-corrected chi connectivity index (χ4v) is 4.65. The van der Waals surface area contributed by atoms with Crippen LogP contribution in [0.15, 0.2) is 54.6 Å². The number of ether oxygens (including phenoxy) is 1. The lowest BCUT2D eigenvalue weighted by atomic mass is 9.89. The third-order valence-corrected chi connectivity index (χ3v) is 6.28. The first-order chi connectivity index (χ1) is 12.7. The van der Waals surface area contributed by atoms with Crippen molar-refractivity contribution in [2.75, 3.05) is 0 Å². The minimum absolute atomic E-state index is 0.260. The van der Waals surface area contributed by atoms with Crippen LogP contribution in [0.2, 0.25) is 5.02 Å². The fourth-order valence-electron chi connectivity index (χ4n) is 3.52. The Hall–Kier alpha value is -1.84. The van der Waals surface area contributed by atoms with Gasteiger partial charge in [0.25, 0.3) is 0 Å². The van der Waals surface area contributed by atoms with E-state index in [1.807, 2.05) is 42.5 Å². The highest BCUT2D eigenvalue weighted by Crippen LogP contribution is 2.41. The van der Waals surface area contributed by atoms with E-state index < -0.39 is 0 Å². The van der Waals surface area contributed by atoms with Crippen LogP contribution in [-0.2, 0) is 0 Å². The molecule has 1 fully saturated rings. The Balaban J connectivity index is 1.70. The maximum absolute atomic E-state index is 6.41. The van der Waals surface area contributed by atoms with Gasteiger partial charge in [0.15, 0.2) is 0 Å². The molecule has 2 atom stereocenters. The molecule has 1 aromatic heterocycles. The molecule has 0 aliphatic heterocycles. The summed E-state index contributed by atoms with van der Waals surface area (Å²) in [4.78, 5) is 5.94. The first-order valence-corrected chi connectivity index (χ1v) is 10.4. The van der Waals surface area contributed by atoms with Crippen molar-refractivity contribution < 1.29 is 4.74 Å². The predicted octanol–water partition coefficient (Wildman–Crippen LogP) is 7.09. The molecule has 4 heteroatoms. The van der Waals surface area contributed by atoms with Gasteiger partial charge in [-0.15, -0.1) is 11.3 Å². The minimum atomic E-state index is 0.260. The lowest BCUT2D eigenvalue weighted by Gasteiger charge is -2.26. The lowest BCUT2D eigenvalue weighted by molar-refractivity contribution is 0.125. The maximum atomic E-state index is 6.41. The van der Waals surface area contributed by atoms with Crippen LogP contribution < -0.4 is 4.74 Å². The molecule has 0 saturated heterocycles. The molecule has 2 nitrogen and oxygen atoms in total. The molecule has 2 aromatic carbocycles. The van der Waals surface area contributed by atoms with E-state index in [-0.39, 0.29) is 6.10 Å². The zero-order valence-corrected chi connectivity index (χ0v) is 16.4. The van der Waals surface area contributed by atoms with E-state index in [1.165, 1.54) is 12.8 Å². The highest BCUT2D eigenvalue weighted by atomic mass is 35.5. The van der Waals surface area contributed by atoms with E-state index in [1.54, 1.807) is 11.3 Å². The van der Waals surface area contributed by atoms with Gasteiger partial charge >= 0.3 is 0 Å². The summed E-state index contributed by atoms with van der Waals surface area (Å²) < 4.78 is 6.41. The number of hydrogen-bond acceptors (Lipinski definition) is 3. The van der Waals surface area contributed by atoms with Crippen molar-refractivity contribution in [2.24, 2.45) is 5.92 Å². The Morgan fingerprint density at radius 1 is 1.00 bits per heavy atom. The molecule has 1 heterocycles. The van der Waals surface area contributed by atoms with Gasteiger partial charge in [0.1, 0.15) is 11.1 Å². The van der Waals surface area contributed by atoms with Gasteiger partial charge < -0.3 is 4.74 Å². The summed E-state index contributed by atoms with van der Waals surface area (Å²) in [6, 6.07) is 18.2. The smallest absolute Gasteiger partial charge is 0.233 e. The summed E-state index contributed by atoms with van der Waals surface area (Å²) in [7, 11) is 0. The van der Waals surface area contributed by atoms with Crippen LogP contribution in [0, 0.1) is 5.92 Å². The Kier molecular flexibility index (Phi) is 5.28. The highest BCUT2D eigenvalue weighted by Gasteiger charge is 2.24. The fraction of sp³-hybridized carbons (Fsp3) is 0.318. The Bertz CT molecular complexity index is 860. The van der Waals surface area contributed by atoms with Crippen molar-refractivity contribution in [3.8, 4) is 26.9 Å². The SMILES string of the molecule is CC1CCC[C@H](Oc2nc(-c3ccccc3)sc2-c2ccc(Cl)cc2)C1. The molecule has 26 heavy (non-hydrogen) atoms. The van der Waals surface area contributed by atoms with E-state index in [0.29, 0.717) is 0 Å². The largest absolute Gasteiger partial charge is 0.473 e. The summed E-state index contributed by atoms with van der Waals surface area (Å²) in [5, 5.41) is 1.74. The van der Waals surface area contributed by atoms with Gasteiger partial charge in [0.05, 0.1) is 4.88 Å². The van der Waals surface area contributed by atoms with Crippen molar-refractivity contribution >= 4 is 22.9 Å². The Morgan fingerprint density at radius 2 is 1.77 bits per heavy atom. The molecule has 0 spiro atoms. The zero-order valence-electron chi connectivity index (χ0n) is 14.8. The Labute approximate surface area is 163 Å².